The summed E-state index contributed by atoms with van der Waals surface area (Å²) in [6, 6.07) is -0.190. The van der Waals surface area contributed by atoms with E-state index in [0.717, 1.165) is 0 Å². The van der Waals surface area contributed by atoms with Crippen molar-refractivity contribution < 1.29 is 46.8 Å². The van der Waals surface area contributed by atoms with E-state index in [1.54, 1.807) is 34.6 Å². The number of hydrogen-bond donors (Lipinski definition) is 2. The molecule has 0 saturated carbocycles. The lowest BCUT2D eigenvalue weighted by Gasteiger charge is -2.39. The average Bonchev–Trinajstić information content (AvgIpc) is 3.13. The number of amides is 2. The second-order valence-electron chi connectivity index (χ2n) is 9.65. The summed E-state index contributed by atoms with van der Waals surface area (Å²) >= 11 is 0. The molecule has 33 heavy (non-hydrogen) atoms. The van der Waals surface area contributed by atoms with Crippen LogP contribution in [0.5, 0.6) is 0 Å². The summed E-state index contributed by atoms with van der Waals surface area (Å²) in [5, 5.41) is 5.24. The Morgan fingerprint density at radius 1 is 1.24 bits per heavy atom. The van der Waals surface area contributed by atoms with Gasteiger partial charge in [-0.3, -0.25) is 28.2 Å². The molecule has 2 N–H and O–H groups in total. The van der Waals surface area contributed by atoms with Gasteiger partial charge < -0.3 is 20.1 Å². The summed E-state index contributed by atoms with van der Waals surface area (Å²) in [5.41, 5.74) is -1.62. The minimum Gasteiger partial charge on any atom is -0.463 e. The van der Waals surface area contributed by atoms with Crippen molar-refractivity contribution in [1.82, 2.24) is 10.6 Å². The maximum Gasteiger partial charge on any atom is 0.478 e. The molecule has 0 aliphatic carbocycles. The molecule has 2 aliphatic heterocycles. The van der Waals surface area contributed by atoms with Gasteiger partial charge in [0, 0.05) is 18.4 Å². The number of ether oxygens (including phenoxy) is 2. The highest BCUT2D eigenvalue weighted by atomic mass is 31.2. The largest absolute Gasteiger partial charge is 0.478 e. The third-order valence-electron chi connectivity index (χ3n) is 4.95. The molecule has 188 valence electrons. The Hall–Kier alpha value is -2.01. The van der Waals surface area contributed by atoms with Gasteiger partial charge in [-0.25, -0.2) is 9.09 Å². The quantitative estimate of drug-likeness (QED) is 0.274. The second kappa shape index (κ2) is 10.9. The van der Waals surface area contributed by atoms with E-state index in [1.165, 1.54) is 0 Å². The van der Waals surface area contributed by atoms with Gasteiger partial charge in [0.05, 0.1) is 24.5 Å². The van der Waals surface area contributed by atoms with Crippen LogP contribution in [-0.4, -0.2) is 62.5 Å². The third-order valence-corrected chi connectivity index (χ3v) is 6.29. The molecule has 13 heteroatoms. The molecule has 2 aliphatic rings. The first-order valence-electron chi connectivity index (χ1n) is 10.7. The number of esters is 2. The molecule has 2 amide bonds. The predicted molar refractivity (Wildman–Crippen MR) is 113 cm³/mol. The van der Waals surface area contributed by atoms with Gasteiger partial charge >= 0.3 is 19.8 Å². The fraction of sp³-hybridized carbons (Fsp3) is 0.800. The van der Waals surface area contributed by atoms with E-state index in [1.807, 2.05) is 0 Å². The van der Waals surface area contributed by atoms with Crippen molar-refractivity contribution in [3.63, 3.8) is 0 Å². The summed E-state index contributed by atoms with van der Waals surface area (Å²) in [7, 11) is -4.16. The van der Waals surface area contributed by atoms with Crippen LogP contribution in [0.4, 0.5) is 0 Å². The lowest BCUT2D eigenvalue weighted by Crippen LogP contribution is -2.50. The van der Waals surface area contributed by atoms with E-state index in [0.29, 0.717) is 12.8 Å². The molecular formula is C20H33N2O10P. The number of hydrogen-bond acceptors (Lipinski definition) is 10. The molecule has 2 heterocycles. The van der Waals surface area contributed by atoms with Crippen LogP contribution in [0.2, 0.25) is 0 Å². The van der Waals surface area contributed by atoms with Crippen LogP contribution < -0.4 is 10.6 Å². The van der Waals surface area contributed by atoms with Crippen molar-refractivity contribution in [1.29, 1.82) is 0 Å². The van der Waals surface area contributed by atoms with Crippen LogP contribution in [0.15, 0.2) is 0 Å². The number of carbonyl (C=O) groups excluding carboxylic acids is 4. The maximum absolute atomic E-state index is 12.7. The molecule has 0 bridgehead atoms. The Labute approximate surface area is 193 Å². The molecule has 2 fully saturated rings. The van der Waals surface area contributed by atoms with Gasteiger partial charge in [0.2, 0.25) is 18.6 Å². The molecule has 12 nitrogen and oxygen atoms in total. The van der Waals surface area contributed by atoms with Crippen LogP contribution in [-0.2, 0) is 46.8 Å². The van der Waals surface area contributed by atoms with E-state index < -0.39 is 49.4 Å². The average molecular weight is 492 g/mol. The summed E-state index contributed by atoms with van der Waals surface area (Å²) < 4.78 is 38.3. The molecule has 0 radical (unpaired) electrons. The Balaban J connectivity index is 1.79. The van der Waals surface area contributed by atoms with Crippen LogP contribution in [0, 0.1) is 10.8 Å². The molecule has 0 aromatic heterocycles. The smallest absolute Gasteiger partial charge is 0.463 e. The molecule has 1 unspecified atom stereocenters. The summed E-state index contributed by atoms with van der Waals surface area (Å²) in [5.74, 6) is -1.77. The highest BCUT2D eigenvalue weighted by molar-refractivity contribution is 7.48. The van der Waals surface area contributed by atoms with Crippen molar-refractivity contribution >= 4 is 31.6 Å². The standard InChI is InChI=1S/C20H33N2O10P/c1-19(2,3)18(26)29-12-31-33(27)30-11-20(4,5)16(32-33)17(25)21-9-8-15(24)28-10-13-6-7-14(23)22-13/h13,16H,6-12H2,1-5H3,(H,21,25)(H,22,23)/t13-,16-,33?/m0/s1. The molecular weight excluding hydrogens is 459 g/mol. The van der Waals surface area contributed by atoms with Crippen LogP contribution in [0.3, 0.4) is 0 Å². The zero-order chi connectivity index (χ0) is 24.9. The molecule has 2 rings (SSSR count). The van der Waals surface area contributed by atoms with Gasteiger partial charge in [0.1, 0.15) is 6.61 Å². The normalized spacial score (nSPS) is 26.9. The molecule has 0 spiro atoms. The third kappa shape index (κ3) is 8.37. The fourth-order valence-corrected chi connectivity index (χ4v) is 4.41. The zero-order valence-electron chi connectivity index (χ0n) is 19.6. The monoisotopic (exact) mass is 492 g/mol. The van der Waals surface area contributed by atoms with Crippen LogP contribution >= 0.6 is 7.82 Å². The lowest BCUT2D eigenvalue weighted by atomic mass is 9.87. The first kappa shape index (κ1) is 27.2. The minimum atomic E-state index is -4.16. The van der Waals surface area contributed by atoms with E-state index in [2.05, 4.69) is 10.6 Å². The Morgan fingerprint density at radius 2 is 1.94 bits per heavy atom. The van der Waals surface area contributed by atoms with Crippen molar-refractivity contribution in [3.05, 3.63) is 0 Å². The van der Waals surface area contributed by atoms with E-state index >= 15 is 0 Å². The highest BCUT2D eigenvalue weighted by Crippen LogP contribution is 2.57. The predicted octanol–water partition coefficient (Wildman–Crippen LogP) is 1.43. The Kier molecular flexibility index (Phi) is 9.03. The van der Waals surface area contributed by atoms with E-state index in [9.17, 15) is 23.7 Å². The van der Waals surface area contributed by atoms with Crippen LogP contribution in [0.25, 0.3) is 0 Å². The van der Waals surface area contributed by atoms with Gasteiger partial charge in [-0.1, -0.05) is 13.8 Å². The van der Waals surface area contributed by atoms with Gasteiger partial charge in [-0.05, 0) is 27.2 Å². The molecule has 0 aromatic rings. The van der Waals surface area contributed by atoms with E-state index in [-0.39, 0.29) is 38.1 Å². The maximum atomic E-state index is 12.7. The molecule has 3 atom stereocenters. The topological polar surface area (TPSA) is 156 Å². The number of nitrogens with one attached hydrogen (secondary N) is 2. The number of carbonyl (C=O) groups is 4. The number of rotatable bonds is 9. The van der Waals surface area contributed by atoms with Crippen molar-refractivity contribution in [2.24, 2.45) is 10.8 Å². The van der Waals surface area contributed by atoms with Crippen molar-refractivity contribution in [3.8, 4) is 0 Å². The van der Waals surface area contributed by atoms with Crippen molar-refractivity contribution in [2.45, 2.75) is 66.0 Å². The van der Waals surface area contributed by atoms with Crippen molar-refractivity contribution in [2.75, 3.05) is 26.6 Å². The second-order valence-corrected chi connectivity index (χ2v) is 11.3. The number of phosphoric ester groups is 1. The Bertz CT molecular complexity index is 807. The Morgan fingerprint density at radius 3 is 2.55 bits per heavy atom. The lowest BCUT2D eigenvalue weighted by molar-refractivity contribution is -0.163. The van der Waals surface area contributed by atoms with E-state index in [4.69, 9.17) is 23.0 Å². The minimum absolute atomic E-state index is 0.0279. The van der Waals surface area contributed by atoms with Gasteiger partial charge in [0.15, 0.2) is 6.10 Å². The molecule has 0 aromatic carbocycles. The zero-order valence-corrected chi connectivity index (χ0v) is 20.5. The number of phosphoric acid groups is 1. The first-order valence-corrected chi connectivity index (χ1v) is 12.2. The fourth-order valence-electron chi connectivity index (χ4n) is 2.90. The molecule has 2 saturated heterocycles. The summed E-state index contributed by atoms with van der Waals surface area (Å²) in [4.78, 5) is 47.5. The van der Waals surface area contributed by atoms with Crippen LogP contribution in [0.1, 0.15) is 53.9 Å². The highest BCUT2D eigenvalue weighted by Gasteiger charge is 2.49. The summed E-state index contributed by atoms with van der Waals surface area (Å²) in [6.07, 6.45) is -0.268. The van der Waals surface area contributed by atoms with Gasteiger partial charge in [0.25, 0.3) is 0 Å². The van der Waals surface area contributed by atoms with Gasteiger partial charge in [-0.15, -0.1) is 0 Å². The first-order chi connectivity index (χ1) is 15.2. The van der Waals surface area contributed by atoms with Gasteiger partial charge in [-0.2, -0.15) is 0 Å². The SMILES string of the molecule is CC(C)(C)C(=O)OCOP1(=O)OCC(C)(C)[C@H](C(=O)NCCC(=O)OC[C@@H]2CCC(=O)N2)O1. The summed E-state index contributed by atoms with van der Waals surface area (Å²) in [6.45, 7) is 7.60.